The second-order valence-corrected chi connectivity index (χ2v) is 7.67. The number of hydrogen-bond acceptors (Lipinski definition) is 3. The highest BCUT2D eigenvalue weighted by atomic mass is 35.5. The maximum Gasteiger partial charge on any atom is 0.306 e. The maximum atomic E-state index is 12.2. The Balaban J connectivity index is 2.06. The minimum Gasteiger partial charge on any atom is -0.481 e. The van der Waals surface area contributed by atoms with Crippen molar-refractivity contribution in [3.05, 3.63) is 39.2 Å². The van der Waals surface area contributed by atoms with E-state index >= 15 is 0 Å². The highest BCUT2D eigenvalue weighted by Gasteiger charge is 2.29. The number of piperidine rings is 1. The molecule has 1 fully saturated rings. The molecule has 0 unspecified atom stereocenters. The van der Waals surface area contributed by atoms with E-state index in [1.54, 1.807) is 18.2 Å². The van der Waals surface area contributed by atoms with Crippen LogP contribution in [0.2, 0.25) is 10.0 Å². The smallest absolute Gasteiger partial charge is 0.306 e. The predicted octanol–water partition coefficient (Wildman–Crippen LogP) is 3.09. The van der Waals surface area contributed by atoms with Crippen LogP contribution in [0.3, 0.4) is 0 Å². The van der Waals surface area contributed by atoms with Gasteiger partial charge in [-0.2, -0.15) is 4.31 Å². The molecule has 1 aromatic rings. The van der Waals surface area contributed by atoms with Gasteiger partial charge in [0.2, 0.25) is 10.0 Å². The molecule has 0 spiro atoms. The first-order chi connectivity index (χ1) is 10.3. The fourth-order valence-corrected chi connectivity index (χ4v) is 3.75. The van der Waals surface area contributed by atoms with Gasteiger partial charge in [0.25, 0.3) is 0 Å². The van der Waals surface area contributed by atoms with Gasteiger partial charge in [0.15, 0.2) is 0 Å². The van der Waals surface area contributed by atoms with E-state index in [1.165, 1.54) is 10.4 Å². The monoisotopic (exact) mass is 363 g/mol. The Hall–Kier alpha value is -1.08. The molecule has 1 saturated heterocycles. The summed E-state index contributed by atoms with van der Waals surface area (Å²) in [4.78, 5) is 10.9. The van der Waals surface area contributed by atoms with E-state index in [1.807, 2.05) is 0 Å². The van der Waals surface area contributed by atoms with Crippen molar-refractivity contribution in [2.45, 2.75) is 12.8 Å². The number of carbonyl (C=O) groups is 1. The molecule has 1 aliphatic heterocycles. The Morgan fingerprint density at radius 1 is 1.23 bits per heavy atom. The van der Waals surface area contributed by atoms with E-state index in [0.717, 1.165) is 5.41 Å². The molecule has 120 valence electrons. The Morgan fingerprint density at radius 3 is 2.41 bits per heavy atom. The van der Waals surface area contributed by atoms with Gasteiger partial charge in [-0.1, -0.05) is 29.3 Å². The highest BCUT2D eigenvalue weighted by Crippen LogP contribution is 2.24. The van der Waals surface area contributed by atoms with E-state index in [4.69, 9.17) is 28.3 Å². The standard InChI is InChI=1S/C14H15Cl2NO4S/c15-12-2-1-10(9-13(12)16)5-8-22(20,21)17-6-3-11(4-7-17)14(18)19/h1-2,5,8-9,11H,3-4,6-7H2,(H,18,19)/b8-5+. The Labute approximate surface area is 139 Å². The van der Waals surface area contributed by atoms with Crippen molar-refractivity contribution in [3.63, 3.8) is 0 Å². The lowest BCUT2D eigenvalue weighted by molar-refractivity contribution is -0.142. The zero-order valence-corrected chi connectivity index (χ0v) is 13.9. The number of rotatable bonds is 4. The Morgan fingerprint density at radius 2 is 1.86 bits per heavy atom. The summed E-state index contributed by atoms with van der Waals surface area (Å²) in [5, 5.41) is 10.8. The lowest BCUT2D eigenvalue weighted by atomic mass is 9.99. The second-order valence-electron chi connectivity index (χ2n) is 5.03. The average molecular weight is 364 g/mol. The molecule has 1 heterocycles. The first-order valence-corrected chi connectivity index (χ1v) is 8.91. The second kappa shape index (κ2) is 7.00. The van der Waals surface area contributed by atoms with Crippen LogP contribution >= 0.6 is 23.2 Å². The molecule has 0 aliphatic carbocycles. The van der Waals surface area contributed by atoms with Crippen LogP contribution in [0.4, 0.5) is 0 Å². The van der Waals surface area contributed by atoms with E-state index in [2.05, 4.69) is 0 Å². The van der Waals surface area contributed by atoms with E-state index in [9.17, 15) is 13.2 Å². The fraction of sp³-hybridized carbons (Fsp3) is 0.357. The molecule has 1 aromatic carbocycles. The van der Waals surface area contributed by atoms with Crippen molar-refractivity contribution in [2.24, 2.45) is 5.92 Å². The molecule has 0 amide bonds. The Kier molecular flexibility index (Phi) is 5.50. The summed E-state index contributed by atoms with van der Waals surface area (Å²) in [7, 11) is -3.57. The van der Waals surface area contributed by atoms with Crippen LogP contribution < -0.4 is 0 Å². The van der Waals surface area contributed by atoms with Gasteiger partial charge >= 0.3 is 5.97 Å². The number of hydrogen-bond donors (Lipinski definition) is 1. The zero-order valence-electron chi connectivity index (χ0n) is 11.6. The van der Waals surface area contributed by atoms with Crippen LogP contribution in [0.1, 0.15) is 18.4 Å². The molecule has 0 saturated carbocycles. The molecule has 2 rings (SSSR count). The summed E-state index contributed by atoms with van der Waals surface area (Å²) in [6, 6.07) is 4.83. The van der Waals surface area contributed by atoms with E-state index in [0.29, 0.717) is 28.5 Å². The molecule has 1 aliphatic rings. The van der Waals surface area contributed by atoms with Gasteiger partial charge in [-0.25, -0.2) is 8.42 Å². The normalized spacial score (nSPS) is 17.9. The van der Waals surface area contributed by atoms with E-state index < -0.39 is 21.9 Å². The molecule has 0 aromatic heterocycles. The molecule has 1 N–H and O–H groups in total. The maximum absolute atomic E-state index is 12.2. The summed E-state index contributed by atoms with van der Waals surface area (Å²) in [5.41, 5.74) is 0.624. The molecule has 0 bridgehead atoms. The van der Waals surface area contributed by atoms with Gasteiger partial charge in [-0.3, -0.25) is 4.79 Å². The van der Waals surface area contributed by atoms with Crippen LogP contribution in [0.25, 0.3) is 6.08 Å². The molecule has 0 radical (unpaired) electrons. The van der Waals surface area contributed by atoms with Crippen LogP contribution in [0.5, 0.6) is 0 Å². The number of benzene rings is 1. The molecule has 8 heteroatoms. The van der Waals surface area contributed by atoms with Gasteiger partial charge in [0, 0.05) is 18.5 Å². The van der Waals surface area contributed by atoms with Crippen molar-refractivity contribution in [2.75, 3.05) is 13.1 Å². The van der Waals surface area contributed by atoms with Crippen molar-refractivity contribution in [1.29, 1.82) is 0 Å². The number of nitrogens with zero attached hydrogens (tertiary/aromatic N) is 1. The van der Waals surface area contributed by atoms with Crippen molar-refractivity contribution < 1.29 is 18.3 Å². The number of carboxylic acids is 1. The predicted molar refractivity (Wildman–Crippen MR) is 86.3 cm³/mol. The third kappa shape index (κ3) is 4.23. The first-order valence-electron chi connectivity index (χ1n) is 6.65. The highest BCUT2D eigenvalue weighted by molar-refractivity contribution is 7.92. The number of halogens is 2. The molecular weight excluding hydrogens is 349 g/mol. The van der Waals surface area contributed by atoms with Crippen LogP contribution in [0.15, 0.2) is 23.6 Å². The van der Waals surface area contributed by atoms with Gasteiger partial charge in [-0.15, -0.1) is 0 Å². The first kappa shape index (κ1) is 17.3. The van der Waals surface area contributed by atoms with Crippen LogP contribution in [-0.4, -0.2) is 36.9 Å². The van der Waals surface area contributed by atoms with Gasteiger partial charge in [0.1, 0.15) is 0 Å². The number of aliphatic carboxylic acids is 1. The third-order valence-electron chi connectivity index (χ3n) is 3.54. The quantitative estimate of drug-likeness (QED) is 0.891. The van der Waals surface area contributed by atoms with Crippen molar-refractivity contribution in [1.82, 2.24) is 4.31 Å². The molecule has 22 heavy (non-hydrogen) atoms. The topological polar surface area (TPSA) is 74.7 Å². The summed E-state index contributed by atoms with van der Waals surface area (Å²) < 4.78 is 25.7. The number of carboxylic acid groups (broad SMARTS) is 1. The van der Waals surface area contributed by atoms with Gasteiger partial charge in [-0.05, 0) is 36.6 Å². The zero-order chi connectivity index (χ0) is 16.3. The summed E-state index contributed by atoms with van der Waals surface area (Å²) in [6.45, 7) is 0.427. The lowest BCUT2D eigenvalue weighted by Crippen LogP contribution is -2.39. The summed E-state index contributed by atoms with van der Waals surface area (Å²) in [5.74, 6) is -1.34. The Bertz CT molecular complexity index is 695. The minimum atomic E-state index is -3.57. The van der Waals surface area contributed by atoms with Gasteiger partial charge < -0.3 is 5.11 Å². The third-order valence-corrected chi connectivity index (χ3v) is 5.84. The summed E-state index contributed by atoms with van der Waals surface area (Å²) >= 11 is 11.7. The fourth-order valence-electron chi connectivity index (χ4n) is 2.22. The van der Waals surface area contributed by atoms with Gasteiger partial charge in [0.05, 0.1) is 16.0 Å². The lowest BCUT2D eigenvalue weighted by Gasteiger charge is -2.28. The van der Waals surface area contributed by atoms with Crippen molar-refractivity contribution >= 4 is 45.3 Å². The average Bonchev–Trinajstić information content (AvgIpc) is 2.48. The number of sulfonamides is 1. The van der Waals surface area contributed by atoms with Crippen molar-refractivity contribution in [3.8, 4) is 0 Å². The SMILES string of the molecule is O=C(O)C1CCN(S(=O)(=O)/C=C/c2ccc(Cl)c(Cl)c2)CC1. The minimum absolute atomic E-state index is 0.213. The largest absolute Gasteiger partial charge is 0.481 e. The molecule has 0 atom stereocenters. The van der Waals surface area contributed by atoms with Crippen LogP contribution in [-0.2, 0) is 14.8 Å². The molecule has 5 nitrogen and oxygen atoms in total. The van der Waals surface area contributed by atoms with E-state index in [-0.39, 0.29) is 13.1 Å². The molecular formula is C14H15Cl2NO4S. The summed E-state index contributed by atoms with van der Waals surface area (Å²) in [6.07, 6.45) is 2.10. The van der Waals surface area contributed by atoms with Crippen LogP contribution in [0, 0.1) is 5.92 Å².